The Balaban J connectivity index is 3.53. The molecule has 104 valence electrons. The van der Waals surface area contributed by atoms with Crippen molar-refractivity contribution in [2.75, 3.05) is 13.7 Å². The summed E-state index contributed by atoms with van der Waals surface area (Å²) in [5, 5.41) is 10.8. The van der Waals surface area contributed by atoms with Gasteiger partial charge in [0.15, 0.2) is 5.56 Å². The summed E-state index contributed by atoms with van der Waals surface area (Å²) in [5.41, 5.74) is -1.71. The van der Waals surface area contributed by atoms with E-state index in [1.165, 1.54) is 6.92 Å². The van der Waals surface area contributed by atoms with Crippen molar-refractivity contribution in [2.45, 2.75) is 13.3 Å². The number of nitrogens with zero attached hydrogens (tertiary/aromatic N) is 2. The van der Waals surface area contributed by atoms with E-state index in [4.69, 9.17) is 0 Å². The lowest BCUT2D eigenvalue weighted by molar-refractivity contribution is -0.390. The van der Waals surface area contributed by atoms with Gasteiger partial charge in [-0.15, -0.1) is 0 Å². The normalized spacial score (nSPS) is 10.4. The Kier molecular flexibility index (Phi) is 4.67. The molecule has 1 aromatic heterocycles. The molecule has 0 saturated heterocycles. The van der Waals surface area contributed by atoms with Gasteiger partial charge in [-0.2, -0.15) is 0 Å². The third-order valence-electron chi connectivity index (χ3n) is 2.10. The molecular weight excluding hydrogens is 266 g/mol. The number of nitro groups is 1. The van der Waals surface area contributed by atoms with Crippen LogP contribution in [-0.4, -0.2) is 29.6 Å². The van der Waals surface area contributed by atoms with Crippen LogP contribution >= 0.6 is 0 Å². The van der Waals surface area contributed by atoms with Gasteiger partial charge in [-0.05, 0) is 11.8 Å². The van der Waals surface area contributed by atoms with E-state index in [9.17, 15) is 23.7 Å². The van der Waals surface area contributed by atoms with Crippen molar-refractivity contribution >= 4 is 11.8 Å². The highest BCUT2D eigenvalue weighted by atomic mass is 19.3. The predicted octanol–water partition coefficient (Wildman–Crippen LogP) is 2.11. The van der Waals surface area contributed by atoms with Gasteiger partial charge in [0, 0.05) is 16.6 Å². The average Bonchev–Trinajstić information content (AvgIpc) is 2.37. The largest absolute Gasteiger partial charge is 0.463 e. The smallest absolute Gasteiger partial charge is 0.382 e. The zero-order valence-electron chi connectivity index (χ0n) is 10.1. The molecule has 0 saturated carbocycles. The van der Waals surface area contributed by atoms with Crippen LogP contribution in [-0.2, 0) is 4.74 Å². The maximum atomic E-state index is 12.9. The van der Waals surface area contributed by atoms with E-state index in [0.29, 0.717) is 0 Å². The summed E-state index contributed by atoms with van der Waals surface area (Å²) in [4.78, 5) is 24.7. The minimum absolute atomic E-state index is 0.106. The molecule has 7 nitrogen and oxygen atoms in total. The fourth-order valence-electron chi connectivity index (χ4n) is 1.35. The minimum atomic E-state index is -3.10. The monoisotopic (exact) mass is 276 g/mol. The van der Waals surface area contributed by atoms with Crippen LogP contribution in [0.3, 0.4) is 0 Å². The number of hydrogen-bond donors (Lipinski definition) is 0. The Hall–Kier alpha value is -2.32. The molecule has 0 unspecified atom stereocenters. The molecule has 1 rings (SSSR count). The third-order valence-corrected chi connectivity index (χ3v) is 2.10. The van der Waals surface area contributed by atoms with Crippen LogP contribution < -0.4 is 4.74 Å². The first-order valence-electron chi connectivity index (χ1n) is 5.10. The molecule has 0 radical (unpaired) electrons. The summed E-state index contributed by atoms with van der Waals surface area (Å²) in [5.74, 6) is -2.62. The number of carbonyl (C=O) groups excluding carboxylic acids is 1. The number of hydrogen-bond acceptors (Lipinski definition) is 6. The second kappa shape index (κ2) is 6.03. The van der Waals surface area contributed by atoms with Gasteiger partial charge >= 0.3 is 17.7 Å². The number of methoxy groups -OCH3 is 1. The molecule has 1 aromatic rings. The molecule has 0 atom stereocenters. The van der Waals surface area contributed by atoms with Crippen LogP contribution in [0.5, 0.6) is 5.88 Å². The zero-order chi connectivity index (χ0) is 14.6. The van der Waals surface area contributed by atoms with Gasteiger partial charge < -0.3 is 19.6 Å². The number of aromatic nitrogens is 1. The lowest BCUT2D eigenvalue weighted by Crippen LogP contribution is -2.13. The molecule has 0 amide bonds. The Labute approximate surface area is 106 Å². The summed E-state index contributed by atoms with van der Waals surface area (Å²) >= 11 is 0. The topological polar surface area (TPSA) is 91.6 Å². The fourth-order valence-corrected chi connectivity index (χ4v) is 1.35. The number of halogens is 2. The summed E-state index contributed by atoms with van der Waals surface area (Å²) in [6.45, 7) is 1.34. The first-order valence-corrected chi connectivity index (χ1v) is 5.10. The number of carbonyl (C=O) groups is 1. The van der Waals surface area contributed by atoms with Crippen molar-refractivity contribution in [1.29, 1.82) is 0 Å². The van der Waals surface area contributed by atoms with E-state index in [1.807, 2.05) is 0 Å². The Bertz CT molecular complexity index is 507. The van der Waals surface area contributed by atoms with Crippen LogP contribution in [0, 0.1) is 10.1 Å². The van der Waals surface area contributed by atoms with E-state index in [-0.39, 0.29) is 12.5 Å². The Morgan fingerprint density at radius 1 is 1.58 bits per heavy atom. The van der Waals surface area contributed by atoms with Crippen molar-refractivity contribution in [2.24, 2.45) is 0 Å². The molecule has 9 heteroatoms. The van der Waals surface area contributed by atoms with Gasteiger partial charge in [-0.1, -0.05) is 0 Å². The molecule has 19 heavy (non-hydrogen) atoms. The van der Waals surface area contributed by atoms with Crippen LogP contribution in [0.4, 0.5) is 14.6 Å². The van der Waals surface area contributed by atoms with Gasteiger partial charge in [0.1, 0.15) is 0 Å². The average molecular weight is 276 g/mol. The number of ether oxygens (including phenoxy) is 2. The van der Waals surface area contributed by atoms with Crippen molar-refractivity contribution in [3.8, 4) is 5.88 Å². The van der Waals surface area contributed by atoms with Crippen molar-refractivity contribution in [1.82, 2.24) is 4.98 Å². The molecule has 0 aliphatic carbocycles. The Morgan fingerprint density at radius 2 is 2.21 bits per heavy atom. The fraction of sp³-hybridized carbons (Fsp3) is 0.400. The van der Waals surface area contributed by atoms with E-state index in [2.05, 4.69) is 14.5 Å². The van der Waals surface area contributed by atoms with Crippen LogP contribution in [0.2, 0.25) is 0 Å². The number of pyridine rings is 1. The molecule has 0 aliphatic rings. The maximum absolute atomic E-state index is 12.9. The van der Waals surface area contributed by atoms with Gasteiger partial charge in [0.25, 0.3) is 6.43 Å². The minimum Gasteiger partial charge on any atom is -0.463 e. The highest BCUT2D eigenvalue weighted by molar-refractivity contribution is 5.95. The van der Waals surface area contributed by atoms with Crippen molar-refractivity contribution in [3.63, 3.8) is 0 Å². The van der Waals surface area contributed by atoms with Crippen LogP contribution in [0.25, 0.3) is 0 Å². The van der Waals surface area contributed by atoms with Gasteiger partial charge in [0.2, 0.25) is 0 Å². The van der Waals surface area contributed by atoms with E-state index in [1.54, 1.807) is 0 Å². The van der Waals surface area contributed by atoms with Gasteiger partial charge in [-0.3, -0.25) is 0 Å². The van der Waals surface area contributed by atoms with Crippen molar-refractivity contribution in [3.05, 3.63) is 27.3 Å². The summed E-state index contributed by atoms with van der Waals surface area (Å²) in [7, 11) is 1.12. The number of alkyl halides is 2. The SMILES string of the molecule is CCOC(=O)c1c(C(F)F)cc(OC)nc1[N+](=O)[O-]. The second-order valence-corrected chi connectivity index (χ2v) is 3.23. The van der Waals surface area contributed by atoms with E-state index < -0.39 is 34.3 Å². The number of esters is 1. The summed E-state index contributed by atoms with van der Waals surface area (Å²) < 4.78 is 34.9. The second-order valence-electron chi connectivity index (χ2n) is 3.23. The van der Waals surface area contributed by atoms with E-state index in [0.717, 1.165) is 13.2 Å². The molecule has 0 fully saturated rings. The van der Waals surface area contributed by atoms with Crippen LogP contribution in [0.1, 0.15) is 29.3 Å². The summed E-state index contributed by atoms with van der Waals surface area (Å²) in [6.07, 6.45) is -3.10. The highest BCUT2D eigenvalue weighted by Crippen LogP contribution is 2.32. The van der Waals surface area contributed by atoms with E-state index >= 15 is 0 Å². The zero-order valence-corrected chi connectivity index (χ0v) is 10.1. The van der Waals surface area contributed by atoms with Gasteiger partial charge in [0.05, 0.1) is 13.7 Å². The molecule has 0 N–H and O–H groups in total. The molecule has 1 heterocycles. The molecule has 0 bridgehead atoms. The highest BCUT2D eigenvalue weighted by Gasteiger charge is 2.33. The first-order chi connectivity index (χ1) is 8.92. The molecule has 0 aliphatic heterocycles. The lowest BCUT2D eigenvalue weighted by Gasteiger charge is -2.08. The number of rotatable bonds is 5. The van der Waals surface area contributed by atoms with Gasteiger partial charge in [-0.25, -0.2) is 13.6 Å². The van der Waals surface area contributed by atoms with Crippen LogP contribution in [0.15, 0.2) is 6.07 Å². The van der Waals surface area contributed by atoms with Crippen molar-refractivity contribution < 1.29 is 28.0 Å². The predicted molar refractivity (Wildman–Crippen MR) is 58.4 cm³/mol. The summed E-state index contributed by atoms with van der Waals surface area (Å²) in [6, 6.07) is 0.768. The quantitative estimate of drug-likeness (QED) is 0.464. The molecular formula is C10H10F2N2O5. The lowest BCUT2D eigenvalue weighted by atomic mass is 10.1. The first kappa shape index (κ1) is 14.7. The maximum Gasteiger partial charge on any atom is 0.382 e. The standard InChI is InChI=1S/C10H10F2N2O5/c1-3-19-10(15)7-5(8(11)12)4-6(18-2)13-9(7)14(16)17/h4,8H,3H2,1-2H3. The molecule has 0 spiro atoms. The molecule has 0 aromatic carbocycles. The third kappa shape index (κ3) is 3.12. The Morgan fingerprint density at radius 3 is 2.63 bits per heavy atom.